The van der Waals surface area contributed by atoms with Crippen molar-refractivity contribution < 1.29 is 4.79 Å². The van der Waals surface area contributed by atoms with Crippen LogP contribution in [0.3, 0.4) is 0 Å². The Morgan fingerprint density at radius 1 is 1.43 bits per heavy atom. The van der Waals surface area contributed by atoms with E-state index >= 15 is 0 Å². The van der Waals surface area contributed by atoms with Gasteiger partial charge in [-0.15, -0.1) is 10.2 Å². The normalized spacial score (nSPS) is 14.9. The molecular weight excluding hydrogens is 204 g/mol. The average molecular weight is 213 g/mol. The highest BCUT2D eigenvalue weighted by molar-refractivity contribution is 6.29. The summed E-state index contributed by atoms with van der Waals surface area (Å²) in [5.74, 6) is 0.646. The molecule has 1 aromatic rings. The molecule has 0 spiro atoms. The Morgan fingerprint density at radius 2 is 2.21 bits per heavy atom. The largest absolute Gasteiger partial charge is 0.280 e. The van der Waals surface area contributed by atoms with Crippen molar-refractivity contribution in [2.75, 3.05) is 5.43 Å². The Morgan fingerprint density at radius 3 is 2.79 bits per heavy atom. The maximum Gasteiger partial charge on any atom is 0.241 e. The van der Waals surface area contributed by atoms with E-state index in [1.165, 1.54) is 0 Å². The van der Waals surface area contributed by atoms with Gasteiger partial charge in [0.1, 0.15) is 0 Å². The molecule has 0 radical (unpaired) electrons. The van der Waals surface area contributed by atoms with E-state index < -0.39 is 0 Å². The number of hydrazine groups is 1. The number of hydrogen-bond donors (Lipinski definition) is 2. The molecule has 0 aliphatic heterocycles. The van der Waals surface area contributed by atoms with Gasteiger partial charge >= 0.3 is 0 Å². The molecule has 74 valence electrons. The summed E-state index contributed by atoms with van der Waals surface area (Å²) < 4.78 is 0. The van der Waals surface area contributed by atoms with Crippen LogP contribution < -0.4 is 10.9 Å². The van der Waals surface area contributed by atoms with Crippen LogP contribution in [-0.4, -0.2) is 16.1 Å². The molecule has 0 unspecified atom stereocenters. The van der Waals surface area contributed by atoms with Gasteiger partial charge in [-0.1, -0.05) is 11.6 Å². The van der Waals surface area contributed by atoms with Gasteiger partial charge in [-0.05, 0) is 25.0 Å². The Kier molecular flexibility index (Phi) is 2.49. The second-order valence-electron chi connectivity index (χ2n) is 3.13. The molecule has 2 N–H and O–H groups in total. The Labute approximate surface area is 85.8 Å². The summed E-state index contributed by atoms with van der Waals surface area (Å²) in [6, 6.07) is 3.24. The van der Waals surface area contributed by atoms with E-state index in [0.717, 1.165) is 12.8 Å². The first-order valence-corrected chi connectivity index (χ1v) is 4.68. The van der Waals surface area contributed by atoms with Crippen molar-refractivity contribution >= 4 is 23.3 Å². The monoisotopic (exact) mass is 212 g/mol. The topological polar surface area (TPSA) is 66.9 Å². The Hall–Kier alpha value is -1.36. The zero-order chi connectivity index (χ0) is 9.97. The van der Waals surface area contributed by atoms with E-state index in [1.54, 1.807) is 12.1 Å². The lowest BCUT2D eigenvalue weighted by atomic mass is 10.4. The van der Waals surface area contributed by atoms with Crippen molar-refractivity contribution in [2.24, 2.45) is 5.92 Å². The van der Waals surface area contributed by atoms with Gasteiger partial charge < -0.3 is 0 Å². The third-order valence-electron chi connectivity index (χ3n) is 1.89. The van der Waals surface area contributed by atoms with E-state index in [2.05, 4.69) is 21.0 Å². The number of nitrogens with one attached hydrogen (secondary N) is 2. The van der Waals surface area contributed by atoms with Gasteiger partial charge in [-0.2, -0.15) is 0 Å². The molecule has 1 aliphatic rings. The number of rotatable bonds is 3. The van der Waals surface area contributed by atoms with Crippen LogP contribution in [0.5, 0.6) is 0 Å². The summed E-state index contributed by atoms with van der Waals surface area (Å²) in [4.78, 5) is 11.2. The number of hydrogen-bond acceptors (Lipinski definition) is 4. The fraction of sp³-hybridized carbons (Fsp3) is 0.375. The summed E-state index contributed by atoms with van der Waals surface area (Å²) in [5, 5.41) is 7.66. The predicted molar refractivity (Wildman–Crippen MR) is 51.5 cm³/mol. The molecular formula is C8H9ClN4O. The Balaban J connectivity index is 1.85. The van der Waals surface area contributed by atoms with Crippen molar-refractivity contribution in [2.45, 2.75) is 12.8 Å². The third-order valence-corrected chi connectivity index (χ3v) is 2.10. The Bertz CT molecular complexity index is 336. The van der Waals surface area contributed by atoms with Crippen molar-refractivity contribution in [3.05, 3.63) is 17.3 Å². The molecule has 0 atom stereocenters. The molecule has 5 nitrogen and oxygen atoms in total. The van der Waals surface area contributed by atoms with Gasteiger partial charge in [0.25, 0.3) is 0 Å². The van der Waals surface area contributed by atoms with Crippen LogP contribution in [0.15, 0.2) is 12.1 Å². The molecule has 1 fully saturated rings. The van der Waals surface area contributed by atoms with Crippen LogP contribution in [0.25, 0.3) is 0 Å². The van der Waals surface area contributed by atoms with Gasteiger partial charge in [0.2, 0.25) is 5.91 Å². The molecule has 1 saturated carbocycles. The maximum absolute atomic E-state index is 11.2. The standard InChI is InChI=1S/C8H9ClN4O/c9-6-3-4-7(11-10-6)12-13-8(14)5-1-2-5/h3-5H,1-2H2,(H,11,12)(H,13,14). The lowest BCUT2D eigenvalue weighted by Crippen LogP contribution is -2.31. The zero-order valence-electron chi connectivity index (χ0n) is 7.33. The van der Waals surface area contributed by atoms with Crippen LogP contribution in [-0.2, 0) is 4.79 Å². The third kappa shape index (κ3) is 2.32. The number of anilines is 1. The van der Waals surface area contributed by atoms with E-state index in [0.29, 0.717) is 11.0 Å². The second-order valence-corrected chi connectivity index (χ2v) is 3.52. The van der Waals surface area contributed by atoms with Crippen molar-refractivity contribution in [3.63, 3.8) is 0 Å². The van der Waals surface area contributed by atoms with Gasteiger partial charge in [0.15, 0.2) is 11.0 Å². The molecule has 2 rings (SSSR count). The highest BCUT2D eigenvalue weighted by atomic mass is 35.5. The van der Waals surface area contributed by atoms with Crippen molar-refractivity contribution in [1.29, 1.82) is 0 Å². The van der Waals surface area contributed by atoms with Crippen LogP contribution in [0.1, 0.15) is 12.8 Å². The van der Waals surface area contributed by atoms with E-state index in [4.69, 9.17) is 11.6 Å². The number of nitrogens with zero attached hydrogens (tertiary/aromatic N) is 2. The molecule has 0 aromatic carbocycles. The van der Waals surface area contributed by atoms with Gasteiger partial charge in [0, 0.05) is 5.92 Å². The molecule has 1 aromatic heterocycles. The van der Waals surface area contributed by atoms with Gasteiger partial charge in [0.05, 0.1) is 0 Å². The first-order chi connectivity index (χ1) is 6.75. The number of carbonyl (C=O) groups excluding carboxylic acids is 1. The lowest BCUT2D eigenvalue weighted by Gasteiger charge is -2.05. The summed E-state index contributed by atoms with van der Waals surface area (Å²) in [5.41, 5.74) is 5.21. The molecule has 1 amide bonds. The minimum Gasteiger partial charge on any atom is -0.280 e. The van der Waals surface area contributed by atoms with Gasteiger partial charge in [-0.25, -0.2) is 0 Å². The van der Waals surface area contributed by atoms with E-state index in [9.17, 15) is 4.79 Å². The smallest absolute Gasteiger partial charge is 0.241 e. The van der Waals surface area contributed by atoms with Crippen LogP contribution >= 0.6 is 11.6 Å². The maximum atomic E-state index is 11.2. The quantitative estimate of drug-likeness (QED) is 0.734. The fourth-order valence-electron chi connectivity index (χ4n) is 0.956. The van der Waals surface area contributed by atoms with Gasteiger partial charge in [-0.3, -0.25) is 15.6 Å². The average Bonchev–Trinajstić information content (AvgIpc) is 3.00. The van der Waals surface area contributed by atoms with Crippen molar-refractivity contribution in [3.8, 4) is 0 Å². The minimum atomic E-state index is 0.00162. The van der Waals surface area contributed by atoms with E-state index in [-0.39, 0.29) is 11.8 Å². The van der Waals surface area contributed by atoms with Crippen LogP contribution in [0.2, 0.25) is 5.15 Å². The molecule has 1 heterocycles. The number of halogens is 1. The highest BCUT2D eigenvalue weighted by Gasteiger charge is 2.29. The first kappa shape index (κ1) is 9.21. The predicted octanol–water partition coefficient (Wildman–Crippen LogP) is 0.983. The first-order valence-electron chi connectivity index (χ1n) is 4.31. The number of carbonyl (C=O) groups is 1. The number of amides is 1. The zero-order valence-corrected chi connectivity index (χ0v) is 8.08. The molecule has 0 saturated heterocycles. The number of aromatic nitrogens is 2. The highest BCUT2D eigenvalue weighted by Crippen LogP contribution is 2.28. The SMILES string of the molecule is O=C(NNc1ccc(Cl)nn1)C1CC1. The molecule has 0 bridgehead atoms. The van der Waals surface area contributed by atoms with E-state index in [1.807, 2.05) is 0 Å². The lowest BCUT2D eigenvalue weighted by molar-refractivity contribution is -0.121. The second kappa shape index (κ2) is 3.79. The summed E-state index contributed by atoms with van der Waals surface area (Å²) in [6.07, 6.45) is 1.94. The summed E-state index contributed by atoms with van der Waals surface area (Å²) in [6.45, 7) is 0. The van der Waals surface area contributed by atoms with Crippen LogP contribution in [0, 0.1) is 5.92 Å². The minimum absolute atomic E-state index is 0.00162. The molecule has 1 aliphatic carbocycles. The molecule has 6 heteroatoms. The summed E-state index contributed by atoms with van der Waals surface area (Å²) >= 11 is 5.55. The fourth-order valence-corrected chi connectivity index (χ4v) is 1.06. The summed E-state index contributed by atoms with van der Waals surface area (Å²) in [7, 11) is 0. The van der Waals surface area contributed by atoms with Crippen LogP contribution in [0.4, 0.5) is 5.82 Å². The van der Waals surface area contributed by atoms with Crippen molar-refractivity contribution in [1.82, 2.24) is 15.6 Å². The molecule has 14 heavy (non-hydrogen) atoms.